The number of nitrogens with one attached hydrogen (secondary N) is 1. The van der Waals surface area contributed by atoms with E-state index >= 15 is 0 Å². The number of fused-ring (bicyclic) bond motifs is 1. The molecule has 4 rings (SSSR count). The zero-order valence-electron chi connectivity index (χ0n) is 12.8. The zero-order valence-corrected chi connectivity index (χ0v) is 13.6. The Kier molecular flexibility index (Phi) is 3.78. The molecule has 0 spiro atoms. The highest BCUT2D eigenvalue weighted by Crippen LogP contribution is 2.28. The number of nitrogens with zero attached hydrogens (tertiary/aromatic N) is 2. The van der Waals surface area contributed by atoms with Crippen molar-refractivity contribution in [2.45, 2.75) is 0 Å². The molecule has 0 fully saturated rings. The van der Waals surface area contributed by atoms with Crippen LogP contribution in [0, 0.1) is 5.82 Å². The molecule has 0 saturated carbocycles. The van der Waals surface area contributed by atoms with Gasteiger partial charge in [0.25, 0.3) is 0 Å². The first kappa shape index (κ1) is 15.5. The highest BCUT2D eigenvalue weighted by atomic mass is 35.5. The number of H-pyrrole nitrogens is 1. The van der Waals surface area contributed by atoms with Gasteiger partial charge in [-0.05, 0) is 24.3 Å². The quantitative estimate of drug-likeness (QED) is 0.547. The standard InChI is InChI=1S/C19H11ClFN3O/c20-15-4-1-5-16(21)17(15)18(25)14-10-24-19-13(14)7-12(9-23-19)11-3-2-6-22-8-11/h1-10H,(H,23,24). The van der Waals surface area contributed by atoms with Gasteiger partial charge in [0.2, 0.25) is 0 Å². The van der Waals surface area contributed by atoms with Crippen molar-refractivity contribution in [2.75, 3.05) is 0 Å². The second-order valence-electron chi connectivity index (χ2n) is 5.49. The van der Waals surface area contributed by atoms with Gasteiger partial charge in [-0.2, -0.15) is 0 Å². The van der Waals surface area contributed by atoms with Crippen molar-refractivity contribution < 1.29 is 9.18 Å². The number of benzene rings is 1. The molecular weight excluding hydrogens is 341 g/mol. The van der Waals surface area contributed by atoms with E-state index < -0.39 is 11.6 Å². The van der Waals surface area contributed by atoms with Crippen molar-refractivity contribution in [1.29, 1.82) is 0 Å². The summed E-state index contributed by atoms with van der Waals surface area (Å²) in [6.07, 6.45) is 6.61. The molecule has 0 aliphatic carbocycles. The Bertz CT molecular complexity index is 1070. The normalized spacial score (nSPS) is 11.0. The minimum Gasteiger partial charge on any atom is -0.345 e. The third-order valence-corrected chi connectivity index (χ3v) is 4.28. The van der Waals surface area contributed by atoms with Crippen LogP contribution < -0.4 is 0 Å². The SMILES string of the molecule is O=C(c1c(F)cccc1Cl)c1c[nH]c2ncc(-c3cccnc3)cc12. The molecule has 0 unspecified atom stereocenters. The third kappa shape index (κ3) is 2.68. The summed E-state index contributed by atoms with van der Waals surface area (Å²) in [6, 6.07) is 9.72. The predicted molar refractivity (Wildman–Crippen MR) is 94.2 cm³/mol. The van der Waals surface area contributed by atoms with E-state index in [9.17, 15) is 9.18 Å². The smallest absolute Gasteiger partial charge is 0.199 e. The molecule has 4 aromatic rings. The summed E-state index contributed by atoms with van der Waals surface area (Å²) in [5.74, 6) is -1.14. The number of carbonyl (C=O) groups excluding carboxylic acids is 1. The number of aromatic nitrogens is 3. The van der Waals surface area contributed by atoms with Crippen LogP contribution in [0.15, 0.2) is 61.2 Å². The van der Waals surface area contributed by atoms with Crippen LogP contribution in [0.4, 0.5) is 4.39 Å². The number of rotatable bonds is 3. The Labute approximate surface area is 147 Å². The van der Waals surface area contributed by atoms with Crippen molar-refractivity contribution in [3.8, 4) is 11.1 Å². The Morgan fingerprint density at radius 1 is 1.12 bits per heavy atom. The summed E-state index contributed by atoms with van der Waals surface area (Å²) in [5, 5.41) is 0.682. The van der Waals surface area contributed by atoms with Crippen LogP contribution in [0.3, 0.4) is 0 Å². The first-order valence-corrected chi connectivity index (χ1v) is 7.89. The van der Waals surface area contributed by atoms with Crippen LogP contribution in [0.1, 0.15) is 15.9 Å². The molecule has 3 aromatic heterocycles. The van der Waals surface area contributed by atoms with Crippen LogP contribution in [0.25, 0.3) is 22.2 Å². The number of pyridine rings is 2. The van der Waals surface area contributed by atoms with Crippen molar-refractivity contribution in [3.05, 3.63) is 83.2 Å². The molecule has 1 aromatic carbocycles. The molecule has 122 valence electrons. The Balaban J connectivity index is 1.87. The average molecular weight is 352 g/mol. The number of carbonyl (C=O) groups is 1. The predicted octanol–water partition coefficient (Wildman–Crippen LogP) is 4.65. The molecule has 1 N–H and O–H groups in total. The molecule has 0 aliphatic rings. The van der Waals surface area contributed by atoms with E-state index in [0.717, 1.165) is 11.1 Å². The molecule has 4 nitrogen and oxygen atoms in total. The van der Waals surface area contributed by atoms with Gasteiger partial charge in [0, 0.05) is 46.9 Å². The van der Waals surface area contributed by atoms with E-state index in [-0.39, 0.29) is 10.6 Å². The van der Waals surface area contributed by atoms with E-state index in [4.69, 9.17) is 11.6 Å². The summed E-state index contributed by atoms with van der Waals surface area (Å²) < 4.78 is 14.1. The molecule has 0 amide bonds. The molecule has 25 heavy (non-hydrogen) atoms. The summed E-state index contributed by atoms with van der Waals surface area (Å²) in [6.45, 7) is 0. The minimum absolute atomic E-state index is 0.0794. The van der Waals surface area contributed by atoms with Crippen LogP contribution in [-0.2, 0) is 0 Å². The van der Waals surface area contributed by atoms with Gasteiger partial charge in [-0.3, -0.25) is 9.78 Å². The van der Waals surface area contributed by atoms with E-state index in [1.807, 2.05) is 18.2 Å². The average Bonchev–Trinajstić information content (AvgIpc) is 3.05. The largest absolute Gasteiger partial charge is 0.345 e. The van der Waals surface area contributed by atoms with Crippen LogP contribution >= 0.6 is 11.6 Å². The lowest BCUT2D eigenvalue weighted by Crippen LogP contribution is -2.04. The number of ketones is 1. The molecule has 3 heterocycles. The minimum atomic E-state index is -0.650. The van der Waals surface area contributed by atoms with Crippen LogP contribution in [0.5, 0.6) is 0 Å². The number of aromatic amines is 1. The lowest BCUT2D eigenvalue weighted by atomic mass is 10.0. The second-order valence-corrected chi connectivity index (χ2v) is 5.90. The number of halogens is 2. The number of hydrogen-bond donors (Lipinski definition) is 1. The van der Waals surface area contributed by atoms with Gasteiger partial charge < -0.3 is 4.98 Å². The fourth-order valence-corrected chi connectivity index (χ4v) is 2.98. The van der Waals surface area contributed by atoms with E-state index in [1.165, 1.54) is 24.4 Å². The lowest BCUT2D eigenvalue weighted by molar-refractivity contribution is 0.103. The fraction of sp³-hybridized carbons (Fsp3) is 0. The van der Waals surface area contributed by atoms with Gasteiger partial charge in [0.1, 0.15) is 11.5 Å². The molecule has 0 radical (unpaired) electrons. The van der Waals surface area contributed by atoms with Gasteiger partial charge in [0.15, 0.2) is 5.78 Å². The summed E-state index contributed by atoms with van der Waals surface area (Å²) in [5.41, 5.74) is 2.41. The molecule has 0 bridgehead atoms. The Hall–Kier alpha value is -3.05. The highest BCUT2D eigenvalue weighted by molar-refractivity contribution is 6.35. The van der Waals surface area contributed by atoms with Gasteiger partial charge >= 0.3 is 0 Å². The maximum absolute atomic E-state index is 14.1. The zero-order chi connectivity index (χ0) is 17.4. The summed E-state index contributed by atoms with van der Waals surface area (Å²) in [7, 11) is 0. The van der Waals surface area contributed by atoms with Crippen molar-refractivity contribution >= 4 is 28.4 Å². The topological polar surface area (TPSA) is 58.6 Å². The second kappa shape index (κ2) is 6.11. The van der Waals surface area contributed by atoms with Crippen molar-refractivity contribution in [3.63, 3.8) is 0 Å². The highest BCUT2D eigenvalue weighted by Gasteiger charge is 2.21. The lowest BCUT2D eigenvalue weighted by Gasteiger charge is -2.05. The summed E-state index contributed by atoms with van der Waals surface area (Å²) >= 11 is 6.02. The first-order valence-electron chi connectivity index (χ1n) is 7.51. The molecule has 0 saturated heterocycles. The van der Waals surface area contributed by atoms with Gasteiger partial charge in [-0.25, -0.2) is 9.37 Å². The Morgan fingerprint density at radius 3 is 2.76 bits per heavy atom. The van der Waals surface area contributed by atoms with Crippen LogP contribution in [-0.4, -0.2) is 20.7 Å². The van der Waals surface area contributed by atoms with Gasteiger partial charge in [-0.15, -0.1) is 0 Å². The molecule has 0 atom stereocenters. The first-order chi connectivity index (χ1) is 12.1. The molecule has 6 heteroatoms. The van der Waals surface area contributed by atoms with Crippen molar-refractivity contribution in [2.24, 2.45) is 0 Å². The monoisotopic (exact) mass is 351 g/mol. The van der Waals surface area contributed by atoms with Crippen molar-refractivity contribution in [1.82, 2.24) is 15.0 Å². The van der Waals surface area contributed by atoms with Gasteiger partial charge in [-0.1, -0.05) is 23.7 Å². The molecule has 0 aliphatic heterocycles. The van der Waals surface area contributed by atoms with Crippen LogP contribution in [0.2, 0.25) is 5.02 Å². The Morgan fingerprint density at radius 2 is 2.00 bits per heavy atom. The van der Waals surface area contributed by atoms with Gasteiger partial charge in [0.05, 0.1) is 10.6 Å². The maximum atomic E-state index is 14.1. The van der Waals surface area contributed by atoms with E-state index in [2.05, 4.69) is 15.0 Å². The molecular formula is C19H11ClFN3O. The van der Waals surface area contributed by atoms with E-state index in [0.29, 0.717) is 16.6 Å². The maximum Gasteiger partial charge on any atom is 0.199 e. The fourth-order valence-electron chi connectivity index (χ4n) is 2.73. The van der Waals surface area contributed by atoms with E-state index in [1.54, 1.807) is 18.6 Å². The number of hydrogen-bond acceptors (Lipinski definition) is 3. The third-order valence-electron chi connectivity index (χ3n) is 3.96. The summed E-state index contributed by atoms with van der Waals surface area (Å²) in [4.78, 5) is 24.2.